The van der Waals surface area contributed by atoms with Crippen molar-refractivity contribution >= 4 is 23.2 Å². The first-order valence-electron chi connectivity index (χ1n) is 6.79. The van der Waals surface area contributed by atoms with Crippen molar-refractivity contribution in [2.45, 2.75) is 6.92 Å². The fourth-order valence-electron chi connectivity index (χ4n) is 2.29. The van der Waals surface area contributed by atoms with Crippen LogP contribution in [0.1, 0.15) is 15.9 Å². The van der Waals surface area contributed by atoms with E-state index in [9.17, 15) is 4.79 Å². The Morgan fingerprint density at radius 2 is 2.00 bits per heavy atom. The van der Waals surface area contributed by atoms with Crippen LogP contribution in [0.15, 0.2) is 48.9 Å². The van der Waals surface area contributed by atoms with Crippen molar-refractivity contribution in [3.05, 3.63) is 65.1 Å². The molecule has 1 aromatic carbocycles. The van der Waals surface area contributed by atoms with Gasteiger partial charge in [0.15, 0.2) is 0 Å². The molecule has 0 atom stereocenters. The molecule has 0 unspecified atom stereocenters. The standard InChI is InChI=1S/C16H15ClN4O/c1-11-5-6-12(17)9-14(11)19-15(22)13-10-18-20(2)16(13)21-7-3-4-8-21/h3-10H,1-2H3,(H,19,22). The van der Waals surface area contributed by atoms with Crippen LogP contribution < -0.4 is 5.32 Å². The van der Waals surface area contributed by atoms with E-state index in [-0.39, 0.29) is 5.91 Å². The maximum absolute atomic E-state index is 12.6. The van der Waals surface area contributed by atoms with Crippen molar-refractivity contribution in [3.63, 3.8) is 0 Å². The molecule has 0 fully saturated rings. The molecule has 0 saturated heterocycles. The molecule has 5 nitrogen and oxygen atoms in total. The van der Waals surface area contributed by atoms with E-state index in [2.05, 4.69) is 10.4 Å². The Bertz CT molecular complexity index is 821. The van der Waals surface area contributed by atoms with E-state index in [0.29, 0.717) is 22.1 Å². The summed E-state index contributed by atoms with van der Waals surface area (Å²) in [5, 5.41) is 7.66. The molecular weight excluding hydrogens is 300 g/mol. The summed E-state index contributed by atoms with van der Waals surface area (Å²) < 4.78 is 3.52. The van der Waals surface area contributed by atoms with Crippen LogP contribution in [0, 0.1) is 6.92 Å². The van der Waals surface area contributed by atoms with Gasteiger partial charge in [0.25, 0.3) is 5.91 Å². The maximum Gasteiger partial charge on any atom is 0.261 e. The zero-order valence-electron chi connectivity index (χ0n) is 12.2. The van der Waals surface area contributed by atoms with Crippen molar-refractivity contribution < 1.29 is 4.79 Å². The number of carbonyl (C=O) groups excluding carboxylic acids is 1. The Morgan fingerprint density at radius 1 is 1.27 bits per heavy atom. The molecule has 112 valence electrons. The van der Waals surface area contributed by atoms with Gasteiger partial charge in [0.2, 0.25) is 0 Å². The highest BCUT2D eigenvalue weighted by atomic mass is 35.5. The van der Waals surface area contributed by atoms with Gasteiger partial charge in [0.05, 0.1) is 6.20 Å². The average molecular weight is 315 g/mol. The molecule has 0 radical (unpaired) electrons. The molecule has 3 aromatic rings. The first-order chi connectivity index (χ1) is 10.6. The summed E-state index contributed by atoms with van der Waals surface area (Å²) in [6.07, 6.45) is 5.31. The first-order valence-corrected chi connectivity index (χ1v) is 7.17. The van der Waals surface area contributed by atoms with Gasteiger partial charge in [-0.2, -0.15) is 5.10 Å². The van der Waals surface area contributed by atoms with Crippen LogP contribution in [0.5, 0.6) is 0 Å². The molecule has 2 heterocycles. The highest BCUT2D eigenvalue weighted by Crippen LogP contribution is 2.22. The van der Waals surface area contributed by atoms with Crippen LogP contribution in [-0.2, 0) is 7.05 Å². The molecule has 3 rings (SSSR count). The van der Waals surface area contributed by atoms with Crippen molar-refractivity contribution in [2.24, 2.45) is 7.05 Å². The Kier molecular flexibility index (Phi) is 3.73. The highest BCUT2D eigenvalue weighted by molar-refractivity contribution is 6.31. The second-order valence-electron chi connectivity index (χ2n) is 5.01. The number of halogens is 1. The molecule has 0 aliphatic carbocycles. The normalized spacial score (nSPS) is 10.7. The van der Waals surface area contributed by atoms with Gasteiger partial charge in [-0.15, -0.1) is 0 Å². The Morgan fingerprint density at radius 3 is 2.73 bits per heavy atom. The molecule has 2 aromatic heterocycles. The lowest BCUT2D eigenvalue weighted by molar-refractivity contribution is 0.102. The van der Waals surface area contributed by atoms with Crippen molar-refractivity contribution in [3.8, 4) is 5.82 Å². The van der Waals surface area contributed by atoms with E-state index in [1.54, 1.807) is 30.1 Å². The fourth-order valence-corrected chi connectivity index (χ4v) is 2.46. The number of hydrogen-bond acceptors (Lipinski definition) is 2. The second kappa shape index (κ2) is 5.69. The molecule has 1 N–H and O–H groups in total. The van der Waals surface area contributed by atoms with E-state index in [0.717, 1.165) is 5.56 Å². The summed E-state index contributed by atoms with van der Waals surface area (Å²) in [5.41, 5.74) is 2.14. The minimum Gasteiger partial charge on any atom is -0.322 e. The number of rotatable bonds is 3. The summed E-state index contributed by atoms with van der Waals surface area (Å²) >= 11 is 5.99. The van der Waals surface area contributed by atoms with Crippen molar-refractivity contribution in [1.82, 2.24) is 14.3 Å². The quantitative estimate of drug-likeness (QED) is 0.805. The van der Waals surface area contributed by atoms with Crippen LogP contribution in [0.25, 0.3) is 5.82 Å². The lowest BCUT2D eigenvalue weighted by atomic mass is 10.2. The Hall–Kier alpha value is -2.53. The molecule has 0 aliphatic heterocycles. The van der Waals surface area contributed by atoms with E-state index >= 15 is 0 Å². The number of benzene rings is 1. The SMILES string of the molecule is Cc1ccc(Cl)cc1NC(=O)c1cnn(C)c1-n1cccc1. The van der Waals surface area contributed by atoms with Crippen LogP contribution in [0.3, 0.4) is 0 Å². The fraction of sp³-hybridized carbons (Fsp3) is 0.125. The number of nitrogens with zero attached hydrogens (tertiary/aromatic N) is 3. The smallest absolute Gasteiger partial charge is 0.261 e. The van der Waals surface area contributed by atoms with E-state index < -0.39 is 0 Å². The molecule has 6 heteroatoms. The molecule has 0 spiro atoms. The Labute approximate surface area is 133 Å². The number of carbonyl (C=O) groups is 1. The predicted octanol–water partition coefficient (Wildman–Crippen LogP) is 3.42. The number of nitrogens with one attached hydrogen (secondary N) is 1. The molecule has 0 aliphatic rings. The van der Waals surface area contributed by atoms with Crippen LogP contribution in [0.4, 0.5) is 5.69 Å². The number of hydrogen-bond donors (Lipinski definition) is 1. The van der Waals surface area contributed by atoms with E-state index in [1.165, 1.54) is 0 Å². The molecule has 22 heavy (non-hydrogen) atoms. The third-order valence-electron chi connectivity index (χ3n) is 3.45. The predicted molar refractivity (Wildman–Crippen MR) is 86.7 cm³/mol. The van der Waals surface area contributed by atoms with Crippen molar-refractivity contribution in [1.29, 1.82) is 0 Å². The van der Waals surface area contributed by atoms with Gasteiger partial charge in [-0.05, 0) is 36.8 Å². The average Bonchev–Trinajstić information content (AvgIpc) is 3.11. The molecule has 0 saturated carbocycles. The van der Waals surface area contributed by atoms with Gasteiger partial charge < -0.3 is 9.88 Å². The molecule has 0 bridgehead atoms. The van der Waals surface area contributed by atoms with E-state index in [1.807, 2.05) is 42.1 Å². The Balaban J connectivity index is 1.95. The maximum atomic E-state index is 12.6. The lowest BCUT2D eigenvalue weighted by Gasteiger charge is -2.10. The second-order valence-corrected chi connectivity index (χ2v) is 5.45. The summed E-state index contributed by atoms with van der Waals surface area (Å²) in [4.78, 5) is 12.6. The zero-order chi connectivity index (χ0) is 15.7. The molecular formula is C16H15ClN4O. The van der Waals surface area contributed by atoms with E-state index in [4.69, 9.17) is 11.6 Å². The first kappa shape index (κ1) is 14.4. The van der Waals surface area contributed by atoms with Crippen molar-refractivity contribution in [2.75, 3.05) is 5.32 Å². The number of aryl methyl sites for hydroxylation is 2. The third kappa shape index (κ3) is 2.63. The lowest BCUT2D eigenvalue weighted by Crippen LogP contribution is -2.15. The summed E-state index contributed by atoms with van der Waals surface area (Å²) in [7, 11) is 1.80. The van der Waals surface area contributed by atoms with Gasteiger partial charge in [0.1, 0.15) is 11.4 Å². The van der Waals surface area contributed by atoms with Crippen LogP contribution >= 0.6 is 11.6 Å². The van der Waals surface area contributed by atoms with Gasteiger partial charge in [-0.25, -0.2) is 0 Å². The minimum absolute atomic E-state index is 0.220. The summed E-state index contributed by atoms with van der Waals surface area (Å²) in [6.45, 7) is 1.92. The number of amides is 1. The highest BCUT2D eigenvalue weighted by Gasteiger charge is 2.18. The minimum atomic E-state index is -0.220. The number of anilines is 1. The zero-order valence-corrected chi connectivity index (χ0v) is 13.0. The summed E-state index contributed by atoms with van der Waals surface area (Å²) in [6, 6.07) is 9.20. The molecule has 1 amide bonds. The third-order valence-corrected chi connectivity index (χ3v) is 3.68. The summed E-state index contributed by atoms with van der Waals surface area (Å²) in [5.74, 6) is 0.490. The van der Waals surface area contributed by atoms with Gasteiger partial charge in [0, 0.05) is 30.2 Å². The topological polar surface area (TPSA) is 51.9 Å². The number of aromatic nitrogens is 3. The van der Waals surface area contributed by atoms with Gasteiger partial charge in [-0.1, -0.05) is 17.7 Å². The largest absolute Gasteiger partial charge is 0.322 e. The monoisotopic (exact) mass is 314 g/mol. The van der Waals surface area contributed by atoms with Gasteiger partial charge in [-0.3, -0.25) is 9.48 Å². The van der Waals surface area contributed by atoms with Crippen LogP contribution in [-0.4, -0.2) is 20.3 Å². The van der Waals surface area contributed by atoms with Crippen LogP contribution in [0.2, 0.25) is 5.02 Å². The van der Waals surface area contributed by atoms with Gasteiger partial charge >= 0.3 is 0 Å².